The quantitative estimate of drug-likeness (QED) is 0.461. The summed E-state index contributed by atoms with van der Waals surface area (Å²) in [5, 5.41) is 11.2. The highest BCUT2D eigenvalue weighted by Crippen LogP contribution is 2.10. The van der Waals surface area contributed by atoms with Gasteiger partial charge in [-0.25, -0.2) is 0 Å². The first-order valence-electron chi connectivity index (χ1n) is 5.78. The summed E-state index contributed by atoms with van der Waals surface area (Å²) in [7, 11) is 0. The van der Waals surface area contributed by atoms with Gasteiger partial charge in [-0.15, -0.1) is 11.8 Å². The van der Waals surface area contributed by atoms with E-state index in [-0.39, 0.29) is 17.8 Å². The molecule has 0 heterocycles. The molecule has 0 aliphatic rings. The zero-order valence-electron chi connectivity index (χ0n) is 10.4. The molecule has 0 fully saturated rings. The Hall–Kier alpha value is -0.750. The Morgan fingerprint density at radius 3 is 2.71 bits per heavy atom. The first kappa shape index (κ1) is 16.2. The van der Waals surface area contributed by atoms with Crippen LogP contribution < -0.4 is 5.32 Å². The highest BCUT2D eigenvalue weighted by atomic mass is 32.2. The zero-order chi connectivity index (χ0) is 13.1. The lowest BCUT2D eigenvalue weighted by Gasteiger charge is -2.10. The summed E-state index contributed by atoms with van der Waals surface area (Å²) in [4.78, 5) is 21.6. The fraction of sp³-hybridized carbons (Fsp3) is 0.818. The number of carbonyl (C=O) groups excluding carboxylic acids is 1. The summed E-state index contributed by atoms with van der Waals surface area (Å²) in [5.74, 6) is -0.450. The summed E-state index contributed by atoms with van der Waals surface area (Å²) in [6.45, 7) is 5.01. The van der Waals surface area contributed by atoms with E-state index in [1.807, 2.05) is 13.8 Å². The van der Waals surface area contributed by atoms with Gasteiger partial charge < -0.3 is 15.2 Å². The molecule has 0 radical (unpaired) electrons. The molecule has 0 aromatic heterocycles. The number of hydrogen-bond donors (Lipinski definition) is 2. The van der Waals surface area contributed by atoms with Gasteiger partial charge in [0.25, 0.3) is 0 Å². The van der Waals surface area contributed by atoms with E-state index in [0.717, 1.165) is 0 Å². The number of carboxylic acids is 1. The lowest BCUT2D eigenvalue weighted by Crippen LogP contribution is -2.27. The summed E-state index contributed by atoms with van der Waals surface area (Å²) in [5.41, 5.74) is 0.0257. The van der Waals surface area contributed by atoms with Gasteiger partial charge in [0.15, 0.2) is 0 Å². The second-order valence-corrected chi connectivity index (χ2v) is 4.82. The molecule has 0 saturated heterocycles. The van der Waals surface area contributed by atoms with Crippen molar-refractivity contribution in [1.29, 1.82) is 0 Å². The third-order valence-corrected chi connectivity index (χ3v) is 3.02. The molecule has 0 rings (SSSR count). The number of unbranched alkanes of at least 4 members (excludes halogenated alkanes) is 1. The summed E-state index contributed by atoms with van der Waals surface area (Å²) in [6, 6.07) is 0. The SMILES string of the molecule is CCO[C@H](C)SCC(=O)NCCCCC(=O)O. The van der Waals surface area contributed by atoms with E-state index in [1.165, 1.54) is 11.8 Å². The second kappa shape index (κ2) is 10.4. The van der Waals surface area contributed by atoms with Crippen molar-refractivity contribution in [2.24, 2.45) is 0 Å². The Kier molecular flexibility index (Phi) is 9.95. The number of thioether (sulfide) groups is 1. The molecule has 6 heteroatoms. The molecule has 5 nitrogen and oxygen atoms in total. The number of carboxylic acid groups (broad SMARTS) is 1. The lowest BCUT2D eigenvalue weighted by molar-refractivity contribution is -0.137. The van der Waals surface area contributed by atoms with Crippen molar-refractivity contribution >= 4 is 23.6 Å². The number of ether oxygens (including phenoxy) is 1. The van der Waals surface area contributed by atoms with E-state index in [0.29, 0.717) is 31.7 Å². The highest BCUT2D eigenvalue weighted by Gasteiger charge is 2.06. The van der Waals surface area contributed by atoms with Crippen molar-refractivity contribution in [2.45, 2.75) is 38.5 Å². The monoisotopic (exact) mass is 263 g/mol. The smallest absolute Gasteiger partial charge is 0.303 e. The molecular formula is C11H21NO4S. The van der Waals surface area contributed by atoms with Gasteiger partial charge in [0.1, 0.15) is 5.44 Å². The van der Waals surface area contributed by atoms with E-state index in [1.54, 1.807) is 0 Å². The third-order valence-electron chi connectivity index (χ3n) is 1.99. The molecular weight excluding hydrogens is 242 g/mol. The van der Waals surface area contributed by atoms with Crippen LogP contribution in [-0.4, -0.2) is 41.3 Å². The second-order valence-electron chi connectivity index (χ2n) is 3.53. The fourth-order valence-corrected chi connectivity index (χ4v) is 1.88. The molecule has 100 valence electrons. The van der Waals surface area contributed by atoms with Crippen LogP contribution in [0, 0.1) is 0 Å². The predicted molar refractivity (Wildman–Crippen MR) is 68.0 cm³/mol. The van der Waals surface area contributed by atoms with Crippen LogP contribution in [0.4, 0.5) is 0 Å². The van der Waals surface area contributed by atoms with Crippen molar-refractivity contribution < 1.29 is 19.4 Å². The van der Waals surface area contributed by atoms with E-state index < -0.39 is 5.97 Å². The molecule has 0 spiro atoms. The van der Waals surface area contributed by atoms with Gasteiger partial charge in [-0.3, -0.25) is 9.59 Å². The van der Waals surface area contributed by atoms with Gasteiger partial charge >= 0.3 is 5.97 Å². The van der Waals surface area contributed by atoms with Gasteiger partial charge in [-0.1, -0.05) is 0 Å². The summed E-state index contributed by atoms with van der Waals surface area (Å²) >= 11 is 1.45. The Balaban J connectivity index is 3.37. The highest BCUT2D eigenvalue weighted by molar-refractivity contribution is 8.00. The van der Waals surface area contributed by atoms with E-state index in [9.17, 15) is 9.59 Å². The van der Waals surface area contributed by atoms with Crippen LogP contribution in [0.1, 0.15) is 33.1 Å². The topological polar surface area (TPSA) is 75.6 Å². The molecule has 2 N–H and O–H groups in total. The summed E-state index contributed by atoms with van der Waals surface area (Å²) in [6.07, 6.45) is 1.45. The Morgan fingerprint density at radius 1 is 1.41 bits per heavy atom. The third kappa shape index (κ3) is 11.5. The van der Waals surface area contributed by atoms with Gasteiger partial charge in [-0.2, -0.15) is 0 Å². The van der Waals surface area contributed by atoms with E-state index >= 15 is 0 Å². The normalized spacial score (nSPS) is 12.1. The molecule has 0 aromatic carbocycles. The minimum absolute atomic E-state index is 0.0257. The molecule has 0 aliphatic carbocycles. The van der Waals surface area contributed by atoms with Crippen molar-refractivity contribution in [3.63, 3.8) is 0 Å². The fourth-order valence-electron chi connectivity index (χ4n) is 1.16. The van der Waals surface area contributed by atoms with Gasteiger partial charge in [-0.05, 0) is 26.7 Å². The lowest BCUT2D eigenvalue weighted by atomic mass is 10.2. The molecule has 0 saturated carbocycles. The average molecular weight is 263 g/mol. The van der Waals surface area contributed by atoms with Crippen LogP contribution in [0.15, 0.2) is 0 Å². The largest absolute Gasteiger partial charge is 0.481 e. The molecule has 0 aliphatic heterocycles. The van der Waals surface area contributed by atoms with Crippen LogP contribution in [0.25, 0.3) is 0 Å². The number of nitrogens with one attached hydrogen (secondary N) is 1. The maximum absolute atomic E-state index is 11.3. The van der Waals surface area contributed by atoms with Crippen LogP contribution in [0.5, 0.6) is 0 Å². The van der Waals surface area contributed by atoms with Crippen LogP contribution >= 0.6 is 11.8 Å². The van der Waals surface area contributed by atoms with Crippen LogP contribution in [0.3, 0.4) is 0 Å². The minimum atomic E-state index is -0.794. The Labute approximate surface area is 106 Å². The first-order valence-corrected chi connectivity index (χ1v) is 6.82. The number of carbonyl (C=O) groups is 2. The number of rotatable bonds is 10. The predicted octanol–water partition coefficient (Wildman–Crippen LogP) is 1.47. The van der Waals surface area contributed by atoms with Gasteiger partial charge in [0, 0.05) is 19.6 Å². The van der Waals surface area contributed by atoms with Crippen LogP contribution in [-0.2, 0) is 14.3 Å². The van der Waals surface area contributed by atoms with Gasteiger partial charge in [0.05, 0.1) is 5.75 Å². The molecule has 0 bridgehead atoms. The molecule has 0 aromatic rings. The van der Waals surface area contributed by atoms with Crippen molar-refractivity contribution in [1.82, 2.24) is 5.32 Å². The number of aliphatic carboxylic acids is 1. The molecule has 1 amide bonds. The van der Waals surface area contributed by atoms with Crippen molar-refractivity contribution in [2.75, 3.05) is 18.9 Å². The zero-order valence-corrected chi connectivity index (χ0v) is 11.2. The average Bonchev–Trinajstić information content (AvgIpc) is 2.26. The van der Waals surface area contributed by atoms with Gasteiger partial charge in [0.2, 0.25) is 5.91 Å². The molecule has 17 heavy (non-hydrogen) atoms. The maximum atomic E-state index is 11.3. The van der Waals surface area contributed by atoms with Crippen molar-refractivity contribution in [3.8, 4) is 0 Å². The molecule has 1 atom stereocenters. The van der Waals surface area contributed by atoms with Crippen molar-refractivity contribution in [3.05, 3.63) is 0 Å². The number of hydrogen-bond acceptors (Lipinski definition) is 4. The van der Waals surface area contributed by atoms with Crippen LogP contribution in [0.2, 0.25) is 0 Å². The Morgan fingerprint density at radius 2 is 2.12 bits per heavy atom. The summed E-state index contributed by atoms with van der Waals surface area (Å²) < 4.78 is 5.28. The number of amides is 1. The Bertz CT molecular complexity index is 236. The van der Waals surface area contributed by atoms with E-state index in [2.05, 4.69) is 5.32 Å². The van der Waals surface area contributed by atoms with E-state index in [4.69, 9.17) is 9.84 Å². The molecule has 0 unspecified atom stereocenters. The minimum Gasteiger partial charge on any atom is -0.481 e. The standard InChI is InChI=1S/C11H21NO4S/c1-3-16-9(2)17-8-10(13)12-7-5-4-6-11(14)15/h9H,3-8H2,1-2H3,(H,12,13)(H,14,15)/t9-/m0/s1. The first-order chi connectivity index (χ1) is 8.06. The maximum Gasteiger partial charge on any atom is 0.303 e.